The van der Waals surface area contributed by atoms with E-state index in [2.05, 4.69) is 81.4 Å². The van der Waals surface area contributed by atoms with Crippen LogP contribution in [0.1, 0.15) is 54.7 Å². The van der Waals surface area contributed by atoms with Crippen LogP contribution in [0.5, 0.6) is 0 Å². The van der Waals surface area contributed by atoms with E-state index in [0.29, 0.717) is 6.04 Å². The highest BCUT2D eigenvalue weighted by Crippen LogP contribution is 2.43. The lowest BCUT2D eigenvalue weighted by Gasteiger charge is -2.33. The van der Waals surface area contributed by atoms with Crippen LogP contribution in [0.2, 0.25) is 0 Å². The summed E-state index contributed by atoms with van der Waals surface area (Å²) in [5.74, 6) is 0. The topological polar surface area (TPSA) is 33.1 Å². The van der Waals surface area contributed by atoms with Gasteiger partial charge in [-0.15, -0.1) is 0 Å². The molecule has 0 spiro atoms. The molecule has 1 N–H and O–H groups in total. The fourth-order valence-electron chi connectivity index (χ4n) is 4.95. The molecule has 4 nitrogen and oxygen atoms in total. The molecule has 0 bridgehead atoms. The maximum absolute atomic E-state index is 5.87. The number of aryl methyl sites for hydroxylation is 1. The number of para-hydroxylation sites is 1. The lowest BCUT2D eigenvalue weighted by atomic mass is 9.99. The molecule has 0 radical (unpaired) electrons. The standard InChI is InChI=1S/C24H26N4S/c1-17-9-2-5-13-20(17)27-16-8-14-21(27)23-22(19-12-6-7-15-25-19)26-24(29)28(23)18-10-3-4-11-18/h2,5-9,12-16,18,22-23H,3-4,10-11H2,1H3,(H,26,29). The van der Waals surface area contributed by atoms with E-state index < -0.39 is 0 Å². The van der Waals surface area contributed by atoms with Gasteiger partial charge in [-0.2, -0.15) is 0 Å². The van der Waals surface area contributed by atoms with E-state index in [1.54, 1.807) is 0 Å². The smallest absolute Gasteiger partial charge is 0.170 e. The Hall–Kier alpha value is -2.66. The van der Waals surface area contributed by atoms with E-state index in [4.69, 9.17) is 12.2 Å². The summed E-state index contributed by atoms with van der Waals surface area (Å²) in [5.41, 5.74) is 4.78. The molecule has 148 valence electrons. The Bertz CT molecular complexity index is 1010. The highest BCUT2D eigenvalue weighted by Gasteiger charge is 2.44. The normalized spacial score (nSPS) is 22.2. The van der Waals surface area contributed by atoms with Crippen LogP contribution >= 0.6 is 12.2 Å². The molecule has 1 aliphatic carbocycles. The number of pyridine rings is 1. The van der Waals surface area contributed by atoms with Crippen LogP contribution in [-0.2, 0) is 0 Å². The quantitative estimate of drug-likeness (QED) is 0.616. The minimum Gasteiger partial charge on any atom is -0.352 e. The zero-order valence-corrected chi connectivity index (χ0v) is 17.5. The van der Waals surface area contributed by atoms with E-state index >= 15 is 0 Å². The minimum atomic E-state index is 0.0435. The van der Waals surface area contributed by atoms with Crippen LogP contribution in [0.4, 0.5) is 0 Å². The molecule has 2 aliphatic rings. The number of rotatable bonds is 4. The Balaban J connectivity index is 1.64. The average Bonchev–Trinajstić information content (AvgIpc) is 3.48. The number of thiocarbonyl (C=S) groups is 1. The third kappa shape index (κ3) is 3.23. The summed E-state index contributed by atoms with van der Waals surface area (Å²) in [7, 11) is 0. The SMILES string of the molecule is Cc1ccccc1-n1cccc1C1C(c2ccccn2)NC(=S)N1C1CCCC1. The molecule has 2 aromatic heterocycles. The number of nitrogens with one attached hydrogen (secondary N) is 1. The van der Waals surface area contributed by atoms with Crippen molar-refractivity contribution in [1.82, 2.24) is 19.8 Å². The van der Waals surface area contributed by atoms with Gasteiger partial charge >= 0.3 is 0 Å². The van der Waals surface area contributed by atoms with Crippen molar-refractivity contribution in [2.24, 2.45) is 0 Å². The summed E-state index contributed by atoms with van der Waals surface area (Å²) < 4.78 is 2.33. The van der Waals surface area contributed by atoms with Gasteiger partial charge in [-0.25, -0.2) is 0 Å². The number of nitrogens with zero attached hydrogens (tertiary/aromatic N) is 3. The second-order valence-electron chi connectivity index (χ2n) is 8.06. The van der Waals surface area contributed by atoms with E-state index in [0.717, 1.165) is 10.8 Å². The summed E-state index contributed by atoms with van der Waals surface area (Å²) in [5, 5.41) is 4.47. The van der Waals surface area contributed by atoms with Gasteiger partial charge in [0.25, 0.3) is 0 Å². The van der Waals surface area contributed by atoms with Crippen LogP contribution in [0.3, 0.4) is 0 Å². The van der Waals surface area contributed by atoms with Gasteiger partial charge in [0.05, 0.1) is 17.8 Å². The fourth-order valence-corrected chi connectivity index (χ4v) is 5.34. The molecule has 5 rings (SSSR count). The lowest BCUT2D eigenvalue weighted by molar-refractivity contribution is 0.239. The Morgan fingerprint density at radius 3 is 2.55 bits per heavy atom. The van der Waals surface area contributed by atoms with E-state index in [1.807, 2.05) is 12.3 Å². The molecule has 1 aliphatic heterocycles. The fraction of sp³-hybridized carbons (Fsp3) is 0.333. The van der Waals surface area contributed by atoms with Crippen LogP contribution in [0.25, 0.3) is 5.69 Å². The number of benzene rings is 1. The van der Waals surface area contributed by atoms with E-state index in [1.165, 1.54) is 42.6 Å². The zero-order chi connectivity index (χ0) is 19.8. The first-order valence-electron chi connectivity index (χ1n) is 10.5. The second kappa shape index (κ2) is 7.64. The second-order valence-corrected chi connectivity index (χ2v) is 8.45. The van der Waals surface area contributed by atoms with Crippen molar-refractivity contribution in [2.45, 2.75) is 50.7 Å². The first kappa shape index (κ1) is 18.4. The van der Waals surface area contributed by atoms with Crippen molar-refractivity contribution >= 4 is 17.3 Å². The van der Waals surface area contributed by atoms with Crippen molar-refractivity contribution < 1.29 is 0 Å². The number of hydrogen-bond acceptors (Lipinski definition) is 2. The highest BCUT2D eigenvalue weighted by atomic mass is 32.1. The molecule has 0 amide bonds. The van der Waals surface area contributed by atoms with E-state index in [9.17, 15) is 0 Å². The number of aromatic nitrogens is 2. The van der Waals surface area contributed by atoms with Gasteiger partial charge in [0, 0.05) is 29.8 Å². The maximum atomic E-state index is 5.87. The van der Waals surface area contributed by atoms with Gasteiger partial charge in [0.15, 0.2) is 5.11 Å². The Morgan fingerprint density at radius 1 is 1.00 bits per heavy atom. The van der Waals surface area contributed by atoms with Crippen molar-refractivity contribution in [3.63, 3.8) is 0 Å². The van der Waals surface area contributed by atoms with Gasteiger partial charge in [-0.3, -0.25) is 4.98 Å². The van der Waals surface area contributed by atoms with Gasteiger partial charge in [0.2, 0.25) is 0 Å². The molecule has 2 fully saturated rings. The van der Waals surface area contributed by atoms with Crippen LogP contribution in [-0.4, -0.2) is 25.6 Å². The van der Waals surface area contributed by atoms with Crippen molar-refractivity contribution in [1.29, 1.82) is 0 Å². The highest BCUT2D eigenvalue weighted by molar-refractivity contribution is 7.80. The summed E-state index contributed by atoms with van der Waals surface area (Å²) in [6, 6.07) is 19.7. The van der Waals surface area contributed by atoms with Crippen molar-refractivity contribution in [3.05, 3.63) is 83.9 Å². The summed E-state index contributed by atoms with van der Waals surface area (Å²) in [6.45, 7) is 2.17. The third-order valence-corrected chi connectivity index (χ3v) is 6.64. The Labute approximate surface area is 177 Å². The molecule has 3 aromatic rings. The first-order valence-corrected chi connectivity index (χ1v) is 10.9. The molecule has 29 heavy (non-hydrogen) atoms. The number of hydrogen-bond donors (Lipinski definition) is 1. The van der Waals surface area contributed by atoms with Crippen LogP contribution < -0.4 is 5.32 Å². The lowest BCUT2D eigenvalue weighted by Crippen LogP contribution is -2.38. The van der Waals surface area contributed by atoms with Gasteiger partial charge in [0.1, 0.15) is 0 Å². The molecule has 2 atom stereocenters. The Morgan fingerprint density at radius 2 is 1.79 bits per heavy atom. The molecule has 2 unspecified atom stereocenters. The third-order valence-electron chi connectivity index (χ3n) is 6.31. The van der Waals surface area contributed by atoms with Crippen LogP contribution in [0.15, 0.2) is 67.0 Å². The summed E-state index contributed by atoms with van der Waals surface area (Å²) in [4.78, 5) is 7.14. The van der Waals surface area contributed by atoms with Crippen molar-refractivity contribution in [2.75, 3.05) is 0 Å². The molecular formula is C24H26N4S. The molecular weight excluding hydrogens is 376 g/mol. The van der Waals surface area contributed by atoms with Gasteiger partial charge in [-0.1, -0.05) is 37.1 Å². The largest absolute Gasteiger partial charge is 0.352 e. The minimum absolute atomic E-state index is 0.0435. The van der Waals surface area contributed by atoms with E-state index in [-0.39, 0.29) is 12.1 Å². The monoisotopic (exact) mass is 402 g/mol. The summed E-state index contributed by atoms with van der Waals surface area (Å²) in [6.07, 6.45) is 9.01. The predicted molar refractivity (Wildman–Crippen MR) is 120 cm³/mol. The molecule has 5 heteroatoms. The maximum Gasteiger partial charge on any atom is 0.170 e. The van der Waals surface area contributed by atoms with Crippen molar-refractivity contribution in [3.8, 4) is 5.69 Å². The average molecular weight is 403 g/mol. The molecule has 3 heterocycles. The van der Waals surface area contributed by atoms with Crippen LogP contribution in [0, 0.1) is 6.92 Å². The first-order chi connectivity index (χ1) is 14.2. The molecule has 1 saturated carbocycles. The zero-order valence-electron chi connectivity index (χ0n) is 16.7. The predicted octanol–water partition coefficient (Wildman–Crippen LogP) is 5.10. The molecule has 1 aromatic carbocycles. The van der Waals surface area contributed by atoms with Gasteiger partial charge in [-0.05, 0) is 67.9 Å². The summed E-state index contributed by atoms with van der Waals surface area (Å²) >= 11 is 5.87. The Kier molecular flexibility index (Phi) is 4.84. The molecule has 1 saturated heterocycles. The van der Waals surface area contributed by atoms with Gasteiger partial charge < -0.3 is 14.8 Å².